The van der Waals surface area contributed by atoms with Crippen LogP contribution in [0.1, 0.15) is 6.42 Å². The highest BCUT2D eigenvalue weighted by Crippen LogP contribution is 2.17. The Morgan fingerprint density at radius 1 is 1.14 bits per heavy atom. The summed E-state index contributed by atoms with van der Waals surface area (Å²) >= 11 is 0. The van der Waals surface area contributed by atoms with Crippen LogP contribution in [0.2, 0.25) is 0 Å². The lowest BCUT2D eigenvalue weighted by Gasteiger charge is -2.35. The molecule has 9 nitrogen and oxygen atoms in total. The van der Waals surface area contributed by atoms with Gasteiger partial charge >= 0.3 is 5.97 Å². The summed E-state index contributed by atoms with van der Waals surface area (Å²) in [5.41, 5.74) is 0.608. The number of carbonyl (C=O) groups excluding carboxylic acids is 1. The van der Waals surface area contributed by atoms with E-state index in [9.17, 15) is 14.7 Å². The zero-order chi connectivity index (χ0) is 20.6. The van der Waals surface area contributed by atoms with Crippen molar-refractivity contribution >= 4 is 23.5 Å². The third-order valence-corrected chi connectivity index (χ3v) is 4.84. The zero-order valence-electron chi connectivity index (χ0n) is 16.3. The maximum atomic E-state index is 12.3. The van der Waals surface area contributed by atoms with Gasteiger partial charge in [-0.05, 0) is 30.3 Å². The average Bonchev–Trinajstić information content (AvgIpc) is 2.75. The number of aromatic nitrogens is 2. The first-order valence-corrected chi connectivity index (χ1v) is 9.46. The predicted octanol–water partition coefficient (Wildman–Crippen LogP) is 1.34. The van der Waals surface area contributed by atoms with E-state index >= 15 is 0 Å². The average molecular weight is 399 g/mol. The second kappa shape index (κ2) is 9.83. The number of nitrogens with one attached hydrogen (secondary N) is 1. The maximum Gasteiger partial charge on any atom is 0.308 e. The van der Waals surface area contributed by atoms with E-state index in [0.29, 0.717) is 50.1 Å². The van der Waals surface area contributed by atoms with E-state index < -0.39 is 11.9 Å². The van der Waals surface area contributed by atoms with Crippen molar-refractivity contribution in [3.63, 3.8) is 0 Å². The summed E-state index contributed by atoms with van der Waals surface area (Å²) in [6.45, 7) is 3.15. The first-order chi connectivity index (χ1) is 14.0. The molecule has 3 rings (SSSR count). The third-order valence-electron chi connectivity index (χ3n) is 4.84. The Labute approximate surface area is 169 Å². The van der Waals surface area contributed by atoms with E-state index in [-0.39, 0.29) is 12.3 Å². The Morgan fingerprint density at radius 3 is 2.38 bits per heavy atom. The minimum Gasteiger partial charge on any atom is -0.497 e. The molecule has 2 aromatic rings. The molecule has 1 amide bonds. The van der Waals surface area contributed by atoms with Crippen molar-refractivity contribution in [1.82, 2.24) is 14.9 Å². The van der Waals surface area contributed by atoms with Gasteiger partial charge in [0.25, 0.3) is 0 Å². The summed E-state index contributed by atoms with van der Waals surface area (Å²) in [4.78, 5) is 36.6. The number of hydrogen-bond acceptors (Lipinski definition) is 7. The molecule has 29 heavy (non-hydrogen) atoms. The lowest BCUT2D eigenvalue weighted by Crippen LogP contribution is -2.49. The van der Waals surface area contributed by atoms with E-state index in [4.69, 9.17) is 4.74 Å². The van der Waals surface area contributed by atoms with E-state index in [0.717, 1.165) is 0 Å². The van der Waals surface area contributed by atoms with Gasteiger partial charge in [-0.15, -0.1) is 0 Å². The molecule has 154 valence electrons. The van der Waals surface area contributed by atoms with Crippen molar-refractivity contribution in [2.45, 2.75) is 6.42 Å². The van der Waals surface area contributed by atoms with Crippen LogP contribution in [0, 0.1) is 5.92 Å². The molecule has 0 aliphatic carbocycles. The van der Waals surface area contributed by atoms with Gasteiger partial charge in [0.2, 0.25) is 11.9 Å². The Morgan fingerprint density at radius 2 is 1.79 bits per heavy atom. The van der Waals surface area contributed by atoms with Crippen LogP contribution in [0.3, 0.4) is 0 Å². The second-order valence-corrected chi connectivity index (χ2v) is 6.85. The number of hydrogen-bond donors (Lipinski definition) is 2. The Bertz CT molecular complexity index is 807. The molecule has 2 heterocycles. The molecule has 9 heteroatoms. The van der Waals surface area contributed by atoms with Crippen LogP contribution in [-0.2, 0) is 9.59 Å². The van der Waals surface area contributed by atoms with Gasteiger partial charge < -0.3 is 20.1 Å². The highest BCUT2D eigenvalue weighted by molar-refractivity contribution is 5.93. The summed E-state index contributed by atoms with van der Waals surface area (Å²) < 4.78 is 5.08. The van der Waals surface area contributed by atoms with Crippen molar-refractivity contribution in [3.05, 3.63) is 42.7 Å². The number of carboxylic acids is 1. The van der Waals surface area contributed by atoms with Crippen molar-refractivity contribution in [2.75, 3.05) is 50.1 Å². The molecule has 2 N–H and O–H groups in total. The third kappa shape index (κ3) is 5.89. The fraction of sp³-hybridized carbons (Fsp3) is 0.400. The van der Waals surface area contributed by atoms with Crippen LogP contribution < -0.4 is 15.0 Å². The van der Waals surface area contributed by atoms with Gasteiger partial charge in [0.1, 0.15) is 5.75 Å². The minimum absolute atomic E-state index is 0.0800. The summed E-state index contributed by atoms with van der Waals surface area (Å²) in [6.07, 6.45) is 3.33. The van der Waals surface area contributed by atoms with Crippen molar-refractivity contribution in [1.29, 1.82) is 0 Å². The van der Waals surface area contributed by atoms with E-state index in [1.165, 1.54) is 0 Å². The number of piperazine rings is 1. The van der Waals surface area contributed by atoms with Crippen LogP contribution in [0.25, 0.3) is 0 Å². The fourth-order valence-electron chi connectivity index (χ4n) is 3.24. The molecule has 1 fully saturated rings. The molecule has 1 aliphatic rings. The number of nitrogens with zero attached hydrogens (tertiary/aromatic N) is 4. The van der Waals surface area contributed by atoms with Gasteiger partial charge in [0.15, 0.2) is 0 Å². The normalized spacial score (nSPS) is 15.6. The summed E-state index contributed by atoms with van der Waals surface area (Å²) in [5.74, 6) is -0.692. The van der Waals surface area contributed by atoms with Gasteiger partial charge in [0.05, 0.1) is 13.0 Å². The number of benzene rings is 1. The van der Waals surface area contributed by atoms with Crippen molar-refractivity contribution in [3.8, 4) is 5.75 Å². The van der Waals surface area contributed by atoms with Crippen LogP contribution in [0.4, 0.5) is 11.6 Å². The number of aliphatic carboxylic acids is 1. The molecule has 0 spiro atoms. The molecule has 0 bridgehead atoms. The smallest absolute Gasteiger partial charge is 0.308 e. The zero-order valence-corrected chi connectivity index (χ0v) is 16.3. The van der Waals surface area contributed by atoms with Crippen LogP contribution in [0.5, 0.6) is 5.75 Å². The number of anilines is 2. The lowest BCUT2D eigenvalue weighted by atomic mass is 10.0. The minimum atomic E-state index is -0.969. The standard InChI is InChI=1S/C20H25N5O4/c1-29-17-5-3-16(4-6-17)23-18(26)13-15(19(27)28)14-24-9-11-25(12-10-24)20-21-7-2-8-22-20/h2-8,15H,9-14H2,1H3,(H,23,26)(H,27,28). The second-order valence-electron chi connectivity index (χ2n) is 6.85. The number of ether oxygens (including phenoxy) is 1. The molecular weight excluding hydrogens is 374 g/mol. The van der Waals surface area contributed by atoms with Crippen LogP contribution in [-0.4, -0.2) is 71.7 Å². The molecule has 1 atom stereocenters. The van der Waals surface area contributed by atoms with Gasteiger partial charge in [-0.3, -0.25) is 14.5 Å². The molecule has 0 saturated carbocycles. The Balaban J connectivity index is 1.49. The monoisotopic (exact) mass is 399 g/mol. The molecular formula is C20H25N5O4. The quantitative estimate of drug-likeness (QED) is 0.685. The summed E-state index contributed by atoms with van der Waals surface area (Å²) in [6, 6.07) is 8.68. The van der Waals surface area contributed by atoms with Crippen LogP contribution in [0.15, 0.2) is 42.7 Å². The van der Waals surface area contributed by atoms with Crippen molar-refractivity contribution in [2.24, 2.45) is 5.92 Å². The number of carbonyl (C=O) groups is 2. The summed E-state index contributed by atoms with van der Waals surface area (Å²) in [7, 11) is 1.57. The van der Waals surface area contributed by atoms with Gasteiger partial charge in [-0.2, -0.15) is 0 Å². The molecule has 1 unspecified atom stereocenters. The SMILES string of the molecule is COc1ccc(NC(=O)CC(CN2CCN(c3ncccn3)CC2)C(=O)O)cc1. The molecule has 1 aromatic carbocycles. The molecule has 1 saturated heterocycles. The fourth-order valence-corrected chi connectivity index (χ4v) is 3.24. The number of carboxylic acid groups (broad SMARTS) is 1. The van der Waals surface area contributed by atoms with Gasteiger partial charge in [-0.1, -0.05) is 0 Å². The molecule has 1 aromatic heterocycles. The predicted molar refractivity (Wildman–Crippen MR) is 108 cm³/mol. The lowest BCUT2D eigenvalue weighted by molar-refractivity contribution is -0.144. The van der Waals surface area contributed by atoms with Gasteiger partial charge in [-0.25, -0.2) is 9.97 Å². The number of rotatable bonds is 8. The molecule has 1 aliphatic heterocycles. The Hall–Kier alpha value is -3.20. The van der Waals surface area contributed by atoms with E-state index in [1.54, 1.807) is 49.8 Å². The van der Waals surface area contributed by atoms with E-state index in [1.807, 2.05) is 0 Å². The Kier molecular flexibility index (Phi) is 6.96. The maximum absolute atomic E-state index is 12.3. The van der Waals surface area contributed by atoms with Crippen LogP contribution >= 0.6 is 0 Å². The van der Waals surface area contributed by atoms with Crippen molar-refractivity contribution < 1.29 is 19.4 Å². The highest BCUT2D eigenvalue weighted by Gasteiger charge is 2.27. The first-order valence-electron chi connectivity index (χ1n) is 9.46. The topological polar surface area (TPSA) is 108 Å². The first kappa shape index (κ1) is 20.5. The molecule has 0 radical (unpaired) electrons. The van der Waals surface area contributed by atoms with E-state index in [2.05, 4.69) is 25.1 Å². The largest absolute Gasteiger partial charge is 0.497 e. The summed E-state index contributed by atoms with van der Waals surface area (Å²) in [5, 5.41) is 12.3. The van der Waals surface area contributed by atoms with Gasteiger partial charge in [0, 0.05) is 57.2 Å². The number of methoxy groups -OCH3 is 1. The number of amides is 1. The highest BCUT2D eigenvalue weighted by atomic mass is 16.5.